The van der Waals surface area contributed by atoms with Crippen molar-refractivity contribution in [3.63, 3.8) is 0 Å². The summed E-state index contributed by atoms with van der Waals surface area (Å²) < 4.78 is 39.1. The lowest BCUT2D eigenvalue weighted by Gasteiger charge is -2.10. The summed E-state index contributed by atoms with van der Waals surface area (Å²) in [6.45, 7) is 1.51. The van der Waals surface area contributed by atoms with Gasteiger partial charge < -0.3 is 4.74 Å². The molecule has 0 aliphatic carbocycles. The Morgan fingerprint density at radius 1 is 1.31 bits per heavy atom. The van der Waals surface area contributed by atoms with Crippen LogP contribution in [0.5, 0.6) is 5.75 Å². The van der Waals surface area contributed by atoms with Crippen LogP contribution in [-0.2, 0) is 0 Å². The van der Waals surface area contributed by atoms with Gasteiger partial charge in [-0.3, -0.25) is 0 Å². The third-order valence-electron chi connectivity index (χ3n) is 1.38. The molecule has 0 spiro atoms. The lowest BCUT2D eigenvalue weighted by atomic mass is 10.2. The van der Waals surface area contributed by atoms with Gasteiger partial charge in [0, 0.05) is 5.02 Å². The first kappa shape index (κ1) is 10.2. The molecule has 0 amide bonds. The van der Waals surface area contributed by atoms with Crippen LogP contribution in [-0.4, -0.2) is 6.36 Å². The molecule has 13 heavy (non-hydrogen) atoms. The molecule has 0 radical (unpaired) electrons. The van der Waals surface area contributed by atoms with Gasteiger partial charge in [-0.2, -0.15) is 0 Å². The van der Waals surface area contributed by atoms with Crippen LogP contribution in [0.2, 0.25) is 5.02 Å². The summed E-state index contributed by atoms with van der Waals surface area (Å²) in [5, 5.41) is 0.213. The van der Waals surface area contributed by atoms with E-state index < -0.39 is 6.36 Å². The smallest absolute Gasteiger partial charge is 0.405 e. The molecule has 72 valence electrons. The van der Waals surface area contributed by atoms with Crippen LogP contribution in [0, 0.1) is 6.92 Å². The van der Waals surface area contributed by atoms with Crippen molar-refractivity contribution in [1.29, 1.82) is 0 Å². The number of halogens is 4. The third kappa shape index (κ3) is 3.14. The number of hydrogen-bond acceptors (Lipinski definition) is 1. The second-order valence-electron chi connectivity index (χ2n) is 2.46. The molecule has 0 atom stereocenters. The molecular weight excluding hydrogens is 205 g/mol. The zero-order valence-electron chi connectivity index (χ0n) is 6.65. The van der Waals surface area contributed by atoms with Gasteiger partial charge in [0.15, 0.2) is 0 Å². The van der Waals surface area contributed by atoms with Gasteiger partial charge in [-0.25, -0.2) is 0 Å². The Kier molecular flexibility index (Phi) is 2.71. The highest BCUT2D eigenvalue weighted by Crippen LogP contribution is 2.28. The number of hydrogen-bond donors (Lipinski definition) is 0. The Hall–Kier alpha value is -0.900. The molecule has 1 aromatic carbocycles. The van der Waals surface area contributed by atoms with Crippen molar-refractivity contribution in [2.45, 2.75) is 13.3 Å². The minimum Gasteiger partial charge on any atom is -0.405 e. The number of rotatable bonds is 1. The highest BCUT2D eigenvalue weighted by Gasteiger charge is 2.31. The van der Waals surface area contributed by atoms with Crippen molar-refractivity contribution in [3.8, 4) is 5.75 Å². The van der Waals surface area contributed by atoms with Gasteiger partial charge in [0.2, 0.25) is 0 Å². The molecule has 0 saturated carbocycles. The molecule has 0 aliphatic rings. The van der Waals surface area contributed by atoms with E-state index in [2.05, 4.69) is 4.74 Å². The average molecular weight is 211 g/mol. The van der Waals surface area contributed by atoms with E-state index in [4.69, 9.17) is 11.6 Å². The van der Waals surface area contributed by atoms with Crippen LogP contribution in [0.1, 0.15) is 5.56 Å². The zero-order chi connectivity index (χ0) is 10.1. The van der Waals surface area contributed by atoms with Gasteiger partial charge in [0.1, 0.15) is 5.75 Å². The molecule has 5 heteroatoms. The maximum atomic E-state index is 11.8. The molecule has 1 rings (SSSR count). The number of aryl methyl sites for hydroxylation is 1. The van der Waals surface area contributed by atoms with Crippen molar-refractivity contribution in [2.24, 2.45) is 0 Å². The maximum absolute atomic E-state index is 11.8. The summed E-state index contributed by atoms with van der Waals surface area (Å²) in [6.07, 6.45) is -4.67. The molecule has 0 aliphatic heterocycles. The van der Waals surface area contributed by atoms with Gasteiger partial charge in [-0.1, -0.05) is 17.7 Å². The van der Waals surface area contributed by atoms with Gasteiger partial charge in [0.25, 0.3) is 0 Å². The predicted molar refractivity (Wildman–Crippen MR) is 42.9 cm³/mol. The first-order chi connectivity index (χ1) is 5.88. The molecule has 0 N–H and O–H groups in total. The van der Waals surface area contributed by atoms with Gasteiger partial charge in [0.05, 0.1) is 0 Å². The van der Waals surface area contributed by atoms with Crippen molar-refractivity contribution in [2.75, 3.05) is 0 Å². The molecule has 1 nitrogen and oxygen atoms in total. The molecule has 0 saturated heterocycles. The van der Waals surface area contributed by atoms with E-state index in [9.17, 15) is 13.2 Å². The van der Waals surface area contributed by atoms with E-state index in [0.717, 1.165) is 6.07 Å². The highest BCUT2D eigenvalue weighted by molar-refractivity contribution is 6.30. The van der Waals surface area contributed by atoms with E-state index in [-0.39, 0.29) is 10.8 Å². The van der Waals surface area contributed by atoms with Crippen LogP contribution in [0.15, 0.2) is 18.2 Å². The SMILES string of the molecule is Cc1ccc(Cl)cc1OC(F)(F)F. The van der Waals surface area contributed by atoms with Crippen LogP contribution >= 0.6 is 11.6 Å². The van der Waals surface area contributed by atoms with E-state index >= 15 is 0 Å². The Morgan fingerprint density at radius 3 is 2.46 bits per heavy atom. The minimum absolute atomic E-state index is 0.213. The van der Waals surface area contributed by atoms with Crippen LogP contribution in [0.4, 0.5) is 13.2 Å². The van der Waals surface area contributed by atoms with Crippen LogP contribution < -0.4 is 4.74 Å². The summed E-state index contributed by atoms with van der Waals surface area (Å²) in [5.41, 5.74) is 0.390. The van der Waals surface area contributed by atoms with E-state index in [1.54, 1.807) is 0 Å². The fourth-order valence-electron chi connectivity index (χ4n) is 0.809. The summed E-state index contributed by atoms with van der Waals surface area (Å²) in [4.78, 5) is 0. The Bertz CT molecular complexity index is 309. The lowest BCUT2D eigenvalue weighted by Crippen LogP contribution is -2.17. The van der Waals surface area contributed by atoms with Gasteiger partial charge >= 0.3 is 6.36 Å². The zero-order valence-corrected chi connectivity index (χ0v) is 7.41. The lowest BCUT2D eigenvalue weighted by molar-refractivity contribution is -0.274. The Labute approximate surface area is 78.1 Å². The first-order valence-corrected chi connectivity index (χ1v) is 3.78. The maximum Gasteiger partial charge on any atom is 0.573 e. The Balaban J connectivity index is 2.94. The van der Waals surface area contributed by atoms with E-state index in [0.29, 0.717) is 5.56 Å². The van der Waals surface area contributed by atoms with E-state index in [1.807, 2.05) is 0 Å². The second-order valence-corrected chi connectivity index (χ2v) is 2.89. The summed E-state index contributed by atoms with van der Waals surface area (Å²) in [5.74, 6) is -0.264. The Morgan fingerprint density at radius 2 is 1.92 bits per heavy atom. The summed E-state index contributed by atoms with van der Waals surface area (Å²) in [7, 11) is 0. The topological polar surface area (TPSA) is 9.23 Å². The molecule has 1 aromatic rings. The number of alkyl halides is 3. The van der Waals surface area contributed by atoms with Gasteiger partial charge in [-0.15, -0.1) is 13.2 Å². The van der Waals surface area contributed by atoms with Crippen molar-refractivity contribution in [3.05, 3.63) is 28.8 Å². The minimum atomic E-state index is -4.67. The first-order valence-electron chi connectivity index (χ1n) is 3.40. The average Bonchev–Trinajstić information content (AvgIpc) is 1.94. The van der Waals surface area contributed by atoms with Crippen molar-refractivity contribution in [1.82, 2.24) is 0 Å². The van der Waals surface area contributed by atoms with Gasteiger partial charge in [-0.05, 0) is 24.6 Å². The predicted octanol–water partition coefficient (Wildman–Crippen LogP) is 3.55. The monoisotopic (exact) mass is 210 g/mol. The summed E-state index contributed by atoms with van der Waals surface area (Å²) >= 11 is 5.50. The van der Waals surface area contributed by atoms with Crippen LogP contribution in [0.3, 0.4) is 0 Å². The molecule has 0 heterocycles. The number of benzene rings is 1. The number of ether oxygens (including phenoxy) is 1. The quantitative estimate of drug-likeness (QED) is 0.689. The highest BCUT2D eigenvalue weighted by atomic mass is 35.5. The normalized spacial score (nSPS) is 11.5. The molecule has 0 fully saturated rings. The largest absolute Gasteiger partial charge is 0.573 e. The van der Waals surface area contributed by atoms with Crippen molar-refractivity contribution < 1.29 is 17.9 Å². The fourth-order valence-corrected chi connectivity index (χ4v) is 0.971. The van der Waals surface area contributed by atoms with E-state index in [1.165, 1.54) is 19.1 Å². The molecule has 0 aromatic heterocycles. The standard InChI is InChI=1S/C8H6ClF3O/c1-5-2-3-6(9)4-7(5)13-8(10,11)12/h2-4H,1H3. The van der Waals surface area contributed by atoms with Crippen LogP contribution in [0.25, 0.3) is 0 Å². The molecular formula is C8H6ClF3O. The molecule has 0 unspecified atom stereocenters. The second kappa shape index (κ2) is 3.46. The molecule has 0 bridgehead atoms. The fraction of sp³-hybridized carbons (Fsp3) is 0.250. The summed E-state index contributed by atoms with van der Waals surface area (Å²) in [6, 6.07) is 4.09. The van der Waals surface area contributed by atoms with Crippen molar-refractivity contribution >= 4 is 11.6 Å². The third-order valence-corrected chi connectivity index (χ3v) is 1.61.